The van der Waals surface area contributed by atoms with Crippen LogP contribution in [0.15, 0.2) is 22.7 Å². The van der Waals surface area contributed by atoms with Gasteiger partial charge >= 0.3 is 0 Å². The number of benzene rings is 1. The molecule has 0 radical (unpaired) electrons. The Hall–Kier alpha value is -0.630. The molecule has 0 spiro atoms. The molecule has 1 aromatic rings. The maximum Gasteiger partial charge on any atom is 0.150 e. The summed E-state index contributed by atoms with van der Waals surface area (Å²) in [7, 11) is -1.29. The summed E-state index contributed by atoms with van der Waals surface area (Å²) >= 11 is 3.46. The van der Waals surface area contributed by atoms with Gasteiger partial charge in [0.2, 0.25) is 0 Å². The van der Waals surface area contributed by atoms with Crippen LogP contribution in [-0.2, 0) is 14.6 Å². The Morgan fingerprint density at radius 2 is 2.19 bits per heavy atom. The van der Waals surface area contributed by atoms with Crippen molar-refractivity contribution in [3.63, 3.8) is 0 Å². The maximum atomic E-state index is 11.5. The topological polar surface area (TPSA) is 78.6 Å². The van der Waals surface area contributed by atoms with E-state index in [2.05, 4.69) is 15.9 Å². The van der Waals surface area contributed by atoms with Crippen molar-refractivity contribution in [2.75, 3.05) is 31.8 Å². The van der Waals surface area contributed by atoms with Crippen LogP contribution >= 0.6 is 15.9 Å². The highest BCUT2D eigenvalue weighted by Gasteiger charge is 2.32. The van der Waals surface area contributed by atoms with Crippen LogP contribution in [0.25, 0.3) is 0 Å². The minimum absolute atomic E-state index is 0.0119. The lowest BCUT2D eigenvalue weighted by molar-refractivity contribution is 0.146. The molecule has 2 atom stereocenters. The first-order chi connectivity index (χ1) is 9.93. The highest BCUT2D eigenvalue weighted by atomic mass is 79.9. The van der Waals surface area contributed by atoms with Gasteiger partial charge in [0.1, 0.15) is 12.4 Å². The fourth-order valence-corrected chi connectivity index (χ4v) is 4.82. The highest BCUT2D eigenvalue weighted by molar-refractivity contribution is 9.10. The average Bonchev–Trinajstić information content (AvgIpc) is 2.80. The lowest BCUT2D eigenvalue weighted by atomic mass is 9.93. The van der Waals surface area contributed by atoms with Gasteiger partial charge in [0.15, 0.2) is 9.84 Å². The summed E-state index contributed by atoms with van der Waals surface area (Å²) in [5.41, 5.74) is 7.14. The van der Waals surface area contributed by atoms with Crippen LogP contribution < -0.4 is 10.5 Å². The average molecular weight is 378 g/mol. The van der Waals surface area contributed by atoms with Crippen molar-refractivity contribution in [3.05, 3.63) is 28.2 Å². The molecular formula is C14H20BrNO4S. The minimum atomic E-state index is -2.91. The molecule has 2 rings (SSSR count). The van der Waals surface area contributed by atoms with Gasteiger partial charge in [0.05, 0.1) is 22.6 Å². The fourth-order valence-electron chi connectivity index (χ4n) is 2.46. The number of sulfone groups is 1. The van der Waals surface area contributed by atoms with Crippen molar-refractivity contribution in [2.24, 2.45) is 11.7 Å². The zero-order valence-electron chi connectivity index (χ0n) is 11.9. The Morgan fingerprint density at radius 1 is 1.43 bits per heavy atom. The van der Waals surface area contributed by atoms with Crippen LogP contribution in [-0.4, -0.2) is 40.2 Å². The molecule has 0 saturated carbocycles. The summed E-state index contributed by atoms with van der Waals surface area (Å²) in [5.74, 6) is 1.13. The van der Waals surface area contributed by atoms with Crippen LogP contribution in [0.2, 0.25) is 0 Å². The first-order valence-electron chi connectivity index (χ1n) is 6.80. The summed E-state index contributed by atoms with van der Waals surface area (Å²) in [6, 6.07) is 5.37. The number of rotatable bonds is 6. The molecule has 2 N–H and O–H groups in total. The third-order valence-corrected chi connectivity index (χ3v) is 6.07. The Labute approximate surface area is 133 Å². The largest absolute Gasteiger partial charge is 0.490 e. The lowest BCUT2D eigenvalue weighted by Crippen LogP contribution is -2.22. The van der Waals surface area contributed by atoms with E-state index in [0.29, 0.717) is 19.6 Å². The van der Waals surface area contributed by atoms with Gasteiger partial charge < -0.3 is 15.2 Å². The molecule has 0 amide bonds. The highest BCUT2D eigenvalue weighted by Crippen LogP contribution is 2.33. The Bertz CT molecular complexity index is 591. The van der Waals surface area contributed by atoms with Gasteiger partial charge in [-0.15, -0.1) is 0 Å². The molecule has 1 aliphatic heterocycles. The van der Waals surface area contributed by atoms with E-state index in [9.17, 15) is 8.42 Å². The second-order valence-corrected chi connectivity index (χ2v) is 8.30. The lowest BCUT2D eigenvalue weighted by Gasteiger charge is -2.19. The van der Waals surface area contributed by atoms with Gasteiger partial charge in [-0.05, 0) is 46.0 Å². The van der Waals surface area contributed by atoms with Crippen LogP contribution in [0.4, 0.5) is 0 Å². The SMILES string of the molecule is COCCOc1ccc(C(N)C2CCS(=O)(=O)C2)cc1Br. The molecule has 0 aromatic heterocycles. The molecule has 1 aliphatic rings. The van der Waals surface area contributed by atoms with Crippen molar-refractivity contribution in [1.82, 2.24) is 0 Å². The van der Waals surface area contributed by atoms with Gasteiger partial charge in [-0.2, -0.15) is 0 Å². The van der Waals surface area contributed by atoms with Gasteiger partial charge in [0, 0.05) is 13.2 Å². The molecule has 7 heteroatoms. The third kappa shape index (κ3) is 4.42. The van der Waals surface area contributed by atoms with Gasteiger partial charge in [-0.25, -0.2) is 8.42 Å². The molecule has 21 heavy (non-hydrogen) atoms. The predicted octanol–water partition coefficient (Wildman–Crippen LogP) is 1.91. The molecule has 1 saturated heterocycles. The molecule has 0 aliphatic carbocycles. The molecule has 2 unspecified atom stereocenters. The fraction of sp³-hybridized carbons (Fsp3) is 0.571. The summed E-state index contributed by atoms with van der Waals surface area (Å²) in [4.78, 5) is 0. The second-order valence-electron chi connectivity index (χ2n) is 5.22. The van der Waals surface area contributed by atoms with E-state index < -0.39 is 9.84 Å². The summed E-state index contributed by atoms with van der Waals surface area (Å²) in [6.45, 7) is 0.995. The molecule has 0 bridgehead atoms. The third-order valence-electron chi connectivity index (χ3n) is 3.66. The summed E-state index contributed by atoms with van der Waals surface area (Å²) < 4.78 is 34.4. The van der Waals surface area contributed by atoms with E-state index in [4.69, 9.17) is 15.2 Å². The molecule has 1 fully saturated rings. The van der Waals surface area contributed by atoms with Crippen LogP contribution in [0.3, 0.4) is 0 Å². The second kappa shape index (κ2) is 7.09. The molecule has 1 heterocycles. The van der Waals surface area contributed by atoms with Crippen molar-refractivity contribution in [3.8, 4) is 5.75 Å². The normalized spacial score (nSPS) is 22.1. The van der Waals surface area contributed by atoms with Gasteiger partial charge in [-0.3, -0.25) is 0 Å². The molecular weight excluding hydrogens is 358 g/mol. The number of hydrogen-bond donors (Lipinski definition) is 1. The van der Waals surface area contributed by atoms with Gasteiger partial charge in [-0.1, -0.05) is 6.07 Å². The zero-order chi connectivity index (χ0) is 15.5. The summed E-state index contributed by atoms with van der Waals surface area (Å²) in [5, 5.41) is 0. The van der Waals surface area contributed by atoms with Crippen LogP contribution in [0, 0.1) is 5.92 Å². The number of nitrogens with two attached hydrogens (primary N) is 1. The van der Waals surface area contributed by atoms with E-state index in [-0.39, 0.29) is 23.5 Å². The number of ether oxygens (including phenoxy) is 2. The summed E-state index contributed by atoms with van der Waals surface area (Å²) in [6.07, 6.45) is 0.632. The first kappa shape index (κ1) is 16.7. The van der Waals surface area contributed by atoms with Crippen molar-refractivity contribution < 1.29 is 17.9 Å². The van der Waals surface area contributed by atoms with Crippen molar-refractivity contribution >= 4 is 25.8 Å². The first-order valence-corrected chi connectivity index (χ1v) is 9.41. The Morgan fingerprint density at radius 3 is 2.76 bits per heavy atom. The van der Waals surface area contributed by atoms with E-state index in [0.717, 1.165) is 15.8 Å². The number of halogens is 1. The number of hydrogen-bond acceptors (Lipinski definition) is 5. The molecule has 1 aromatic carbocycles. The monoisotopic (exact) mass is 377 g/mol. The molecule has 5 nitrogen and oxygen atoms in total. The van der Waals surface area contributed by atoms with Crippen LogP contribution in [0.5, 0.6) is 5.75 Å². The Balaban J connectivity index is 2.05. The Kier molecular flexibility index (Phi) is 5.65. The standard InChI is InChI=1S/C14H20BrNO4S/c1-19-5-6-20-13-3-2-10(8-12(13)15)14(16)11-4-7-21(17,18)9-11/h2-3,8,11,14H,4-7,9,16H2,1H3. The van der Waals surface area contributed by atoms with E-state index >= 15 is 0 Å². The minimum Gasteiger partial charge on any atom is -0.490 e. The van der Waals surface area contributed by atoms with Crippen LogP contribution in [0.1, 0.15) is 18.0 Å². The van der Waals surface area contributed by atoms with E-state index in [1.165, 1.54) is 0 Å². The van der Waals surface area contributed by atoms with Crippen molar-refractivity contribution in [1.29, 1.82) is 0 Å². The maximum absolute atomic E-state index is 11.5. The van der Waals surface area contributed by atoms with Gasteiger partial charge in [0.25, 0.3) is 0 Å². The number of methoxy groups -OCH3 is 1. The smallest absolute Gasteiger partial charge is 0.150 e. The van der Waals surface area contributed by atoms with E-state index in [1.54, 1.807) is 7.11 Å². The van der Waals surface area contributed by atoms with Crippen molar-refractivity contribution in [2.45, 2.75) is 12.5 Å². The zero-order valence-corrected chi connectivity index (χ0v) is 14.3. The predicted molar refractivity (Wildman–Crippen MR) is 85.2 cm³/mol. The van der Waals surface area contributed by atoms with E-state index in [1.807, 2.05) is 18.2 Å². The quantitative estimate of drug-likeness (QED) is 0.765. The molecule has 118 valence electrons.